The molecule has 0 amide bonds. The van der Waals surface area contributed by atoms with Crippen LogP contribution in [0.25, 0.3) is 22.1 Å². The molecular weight excluding hydrogens is 1060 g/mol. The summed E-state index contributed by atoms with van der Waals surface area (Å²) in [5.41, 5.74) is 9.48. The van der Waals surface area contributed by atoms with Gasteiger partial charge in [-0.05, 0) is 92.3 Å². The number of benzene rings is 6. The molecule has 6 aromatic carbocycles. The van der Waals surface area contributed by atoms with Crippen molar-refractivity contribution in [2.24, 2.45) is 0 Å². The number of aliphatic carboxylic acids is 6. The molecule has 0 aliphatic rings. The average Bonchev–Trinajstić information content (AvgIpc) is 4.29. The zero-order valence-corrected chi connectivity index (χ0v) is 41.3. The molecule has 0 N–H and O–H groups in total. The standard InChI is InChI=1S/2C23H18ClN5O.3C2H2O4/c2*24-20-8-4-7-18(13-20)23(28-12-11-25-16-28)19-9-10-21-22(14-19)29(27-26-21)30-15-17-5-2-1-3-6-17;3*3-1(4)2(5)6/h2*1-14,16,23H,15H2;3*(H,3,4)(H,5,6)/p-6. The molecule has 0 spiro atoms. The summed E-state index contributed by atoms with van der Waals surface area (Å²) in [7, 11) is 0. The van der Waals surface area contributed by atoms with Gasteiger partial charge in [-0.2, -0.15) is 0 Å². The molecule has 0 radical (unpaired) electrons. The smallest absolute Gasteiger partial charge is 0.142 e. The fraction of sp³-hybridized carbons (Fsp3) is 0.0769. The third-order valence-corrected chi connectivity index (χ3v) is 10.8. The number of carbonyl (C=O) groups is 6. The van der Waals surface area contributed by atoms with E-state index in [1.807, 2.05) is 155 Å². The number of fused-ring (bicyclic) bond motifs is 2. The van der Waals surface area contributed by atoms with Crippen LogP contribution in [0.2, 0.25) is 10.0 Å². The van der Waals surface area contributed by atoms with E-state index in [0.717, 1.165) is 55.4 Å². The van der Waals surface area contributed by atoms with Gasteiger partial charge in [0.25, 0.3) is 0 Å². The molecule has 0 saturated carbocycles. The predicted molar refractivity (Wildman–Crippen MR) is 260 cm³/mol. The van der Waals surface area contributed by atoms with Gasteiger partial charge >= 0.3 is 0 Å². The number of aromatic nitrogens is 10. The third-order valence-electron chi connectivity index (χ3n) is 10.4. The molecule has 24 nitrogen and oxygen atoms in total. The molecule has 4 aromatic heterocycles. The first-order valence-corrected chi connectivity index (χ1v) is 23.0. The van der Waals surface area contributed by atoms with Crippen molar-refractivity contribution < 1.29 is 69.1 Å². The lowest BCUT2D eigenvalue weighted by molar-refractivity contribution is -0.345. The lowest BCUT2D eigenvalue weighted by Gasteiger charge is -2.20. The number of carbonyl (C=O) groups excluding carboxylic acids is 6. The van der Waals surface area contributed by atoms with Gasteiger partial charge in [-0.1, -0.05) is 130 Å². The Kier molecular flexibility index (Phi) is 20.2. The van der Waals surface area contributed by atoms with Gasteiger partial charge < -0.3 is 78.2 Å². The maximum atomic E-state index is 8.93. The largest absolute Gasteiger partial charge is 0.543 e. The SMILES string of the molecule is Clc1cccc(C(c2ccc3nnn(OCc4ccccc4)c3c2)n2ccnc2)c1.Clc1cccc(C(c2ccc3nnn(OCc4ccccc4)c3c2)n2ccnc2)c1.O=C([O-])C(=O)[O-].O=C([O-])C(=O)[O-].O=C([O-])C(=O)[O-]. The third kappa shape index (κ3) is 16.3. The van der Waals surface area contributed by atoms with Crippen LogP contribution in [0.1, 0.15) is 45.5 Å². The van der Waals surface area contributed by atoms with Gasteiger partial charge in [-0.3, -0.25) is 0 Å². The van der Waals surface area contributed by atoms with Crippen LogP contribution in [0.4, 0.5) is 0 Å². The highest BCUT2D eigenvalue weighted by atomic mass is 35.5. The Morgan fingerprint density at radius 1 is 0.436 bits per heavy atom. The lowest BCUT2D eigenvalue weighted by atomic mass is 9.98. The van der Waals surface area contributed by atoms with E-state index in [-0.39, 0.29) is 12.1 Å². The maximum absolute atomic E-state index is 8.93. The van der Waals surface area contributed by atoms with Gasteiger partial charge in [-0.15, -0.1) is 10.2 Å². The van der Waals surface area contributed by atoms with E-state index in [4.69, 9.17) is 92.3 Å². The van der Waals surface area contributed by atoms with E-state index in [0.29, 0.717) is 23.3 Å². The second-order valence-electron chi connectivity index (χ2n) is 15.6. The molecule has 2 atom stereocenters. The minimum Gasteiger partial charge on any atom is -0.543 e. The summed E-state index contributed by atoms with van der Waals surface area (Å²) in [6, 6.07) is 47.6. The highest BCUT2D eigenvalue weighted by molar-refractivity contribution is 6.31. The normalized spacial score (nSPS) is 11.1. The molecule has 0 fully saturated rings. The quantitative estimate of drug-likeness (QED) is 0.126. The number of halogens is 2. The highest BCUT2D eigenvalue weighted by Crippen LogP contribution is 2.32. The van der Waals surface area contributed by atoms with E-state index >= 15 is 0 Å². The lowest BCUT2D eigenvalue weighted by Crippen LogP contribution is -2.42. The van der Waals surface area contributed by atoms with Crippen molar-refractivity contribution in [3.8, 4) is 0 Å². The number of carboxylic acid groups (broad SMARTS) is 6. The minimum absolute atomic E-state index is 0.0897. The monoisotopic (exact) mass is 1090 g/mol. The fourth-order valence-corrected chi connectivity index (χ4v) is 7.45. The van der Waals surface area contributed by atoms with E-state index in [1.54, 1.807) is 25.0 Å². The van der Waals surface area contributed by atoms with Crippen LogP contribution in [0.15, 0.2) is 183 Å². The summed E-state index contributed by atoms with van der Waals surface area (Å²) in [5.74, 6) is -13.1. The fourth-order valence-electron chi connectivity index (χ4n) is 7.05. The van der Waals surface area contributed by atoms with E-state index in [9.17, 15) is 0 Å². The van der Waals surface area contributed by atoms with E-state index in [1.165, 1.54) is 9.69 Å². The number of hydrogen-bond acceptors (Lipinski definition) is 20. The number of rotatable bonds is 12. The molecule has 4 heterocycles. The van der Waals surface area contributed by atoms with Crippen LogP contribution in [0.5, 0.6) is 0 Å². The molecule has 0 saturated heterocycles. The van der Waals surface area contributed by atoms with Crippen LogP contribution in [0, 0.1) is 0 Å². The van der Waals surface area contributed by atoms with Crippen molar-refractivity contribution in [1.82, 2.24) is 49.4 Å². The summed E-state index contributed by atoms with van der Waals surface area (Å²) in [6.07, 6.45) is 11.0. The molecule has 78 heavy (non-hydrogen) atoms. The van der Waals surface area contributed by atoms with Gasteiger partial charge in [0.05, 0.1) is 60.6 Å². The summed E-state index contributed by atoms with van der Waals surface area (Å²) in [5, 5.41) is 71.7. The van der Waals surface area contributed by atoms with Gasteiger partial charge in [0.2, 0.25) is 0 Å². The molecule has 398 valence electrons. The molecular formula is C52H36Cl2N10O14-6. The first-order valence-electron chi connectivity index (χ1n) is 22.3. The van der Waals surface area contributed by atoms with Crippen LogP contribution < -0.4 is 40.3 Å². The Hall–Kier alpha value is -10.5. The summed E-state index contributed by atoms with van der Waals surface area (Å²) >= 11 is 12.5. The number of hydrogen-bond donors (Lipinski definition) is 0. The highest BCUT2D eigenvalue weighted by Gasteiger charge is 2.20. The van der Waals surface area contributed by atoms with E-state index in [2.05, 4.69) is 42.7 Å². The number of imidazole rings is 2. The molecule has 0 aliphatic heterocycles. The summed E-state index contributed by atoms with van der Waals surface area (Å²) in [4.78, 5) is 76.8. The van der Waals surface area contributed by atoms with Crippen LogP contribution in [-0.2, 0) is 42.0 Å². The van der Waals surface area contributed by atoms with Crippen LogP contribution >= 0.6 is 23.2 Å². The number of nitrogens with zero attached hydrogens (tertiary/aromatic N) is 10. The predicted octanol–water partition coefficient (Wildman–Crippen LogP) is -1.45. The van der Waals surface area contributed by atoms with Gasteiger partial charge in [0, 0.05) is 34.8 Å². The second-order valence-corrected chi connectivity index (χ2v) is 16.5. The Morgan fingerprint density at radius 3 is 1.09 bits per heavy atom. The van der Waals surface area contributed by atoms with Gasteiger partial charge in [0.15, 0.2) is 0 Å². The molecule has 2 unspecified atom stereocenters. The first kappa shape index (κ1) is 56.8. The Morgan fingerprint density at radius 2 is 0.782 bits per heavy atom. The molecule has 10 aromatic rings. The molecule has 26 heteroatoms. The van der Waals surface area contributed by atoms with E-state index < -0.39 is 35.8 Å². The second kappa shape index (κ2) is 27.7. The van der Waals surface area contributed by atoms with Crippen LogP contribution in [-0.4, -0.2) is 85.2 Å². The summed E-state index contributed by atoms with van der Waals surface area (Å²) < 4.78 is 4.09. The maximum Gasteiger partial charge on any atom is 0.142 e. The van der Waals surface area contributed by atoms with Gasteiger partial charge in [-0.25, -0.2) is 9.97 Å². The minimum atomic E-state index is -2.19. The number of carboxylic acids is 6. The van der Waals surface area contributed by atoms with Crippen molar-refractivity contribution in [1.29, 1.82) is 0 Å². The van der Waals surface area contributed by atoms with Crippen molar-refractivity contribution in [2.45, 2.75) is 25.3 Å². The van der Waals surface area contributed by atoms with Crippen molar-refractivity contribution in [3.63, 3.8) is 0 Å². The molecule has 0 bridgehead atoms. The van der Waals surface area contributed by atoms with Crippen molar-refractivity contribution >= 4 is 81.1 Å². The zero-order chi connectivity index (χ0) is 56.1. The summed E-state index contributed by atoms with van der Waals surface area (Å²) in [6.45, 7) is 0.811. The Bertz CT molecular complexity index is 3330. The van der Waals surface area contributed by atoms with Gasteiger partial charge in [0.1, 0.15) is 35.3 Å². The van der Waals surface area contributed by atoms with Crippen molar-refractivity contribution in [3.05, 3.63) is 226 Å². The van der Waals surface area contributed by atoms with Crippen molar-refractivity contribution in [2.75, 3.05) is 0 Å². The average molecular weight is 1100 g/mol. The Balaban J connectivity index is 0.000000193. The topological polar surface area (TPSA) is 356 Å². The van der Waals surface area contributed by atoms with Crippen LogP contribution in [0.3, 0.4) is 0 Å². The first-order chi connectivity index (χ1) is 37.5. The zero-order valence-electron chi connectivity index (χ0n) is 39.8. The molecule has 0 aliphatic carbocycles. The molecule has 10 rings (SSSR count). The Labute approximate surface area is 449 Å².